The van der Waals surface area contributed by atoms with Gasteiger partial charge in [0.25, 0.3) is 5.91 Å². The summed E-state index contributed by atoms with van der Waals surface area (Å²) < 4.78 is 17.5. The van der Waals surface area contributed by atoms with Gasteiger partial charge in [0.1, 0.15) is 28.4 Å². The minimum atomic E-state index is -0.349. The Hall–Kier alpha value is -3.85. The predicted octanol–water partition coefficient (Wildman–Crippen LogP) is 2.55. The van der Waals surface area contributed by atoms with Crippen molar-refractivity contribution in [3.8, 4) is 17.2 Å². The molecule has 2 heterocycles. The molecule has 0 saturated heterocycles. The van der Waals surface area contributed by atoms with E-state index in [0.29, 0.717) is 52.5 Å². The van der Waals surface area contributed by atoms with Crippen LogP contribution in [0, 0.1) is 0 Å². The highest BCUT2D eigenvalue weighted by molar-refractivity contribution is 6.11. The molecule has 2 aromatic heterocycles. The zero-order valence-corrected chi connectivity index (χ0v) is 17.5. The first-order valence-corrected chi connectivity index (χ1v) is 9.64. The summed E-state index contributed by atoms with van der Waals surface area (Å²) in [5.74, 6) is 1.03. The maximum atomic E-state index is 13.0. The van der Waals surface area contributed by atoms with Crippen molar-refractivity contribution < 1.29 is 19.0 Å². The summed E-state index contributed by atoms with van der Waals surface area (Å²) in [6.45, 7) is 0.724. The second-order valence-electron chi connectivity index (χ2n) is 6.80. The number of nitrogen functional groups attached to an aromatic ring is 1. The van der Waals surface area contributed by atoms with E-state index in [0.717, 1.165) is 0 Å². The van der Waals surface area contributed by atoms with Crippen LogP contribution in [0.2, 0.25) is 0 Å². The molecule has 4 aromatic rings. The van der Waals surface area contributed by atoms with E-state index in [9.17, 15) is 4.79 Å². The Morgan fingerprint density at radius 2 is 1.68 bits per heavy atom. The van der Waals surface area contributed by atoms with E-state index in [4.69, 9.17) is 29.9 Å². The van der Waals surface area contributed by atoms with Crippen molar-refractivity contribution in [2.45, 2.75) is 0 Å². The Bertz CT molecular complexity index is 1250. The fourth-order valence-corrected chi connectivity index (χ4v) is 3.42. The van der Waals surface area contributed by atoms with Crippen LogP contribution in [0.3, 0.4) is 0 Å². The number of ether oxygens (including phenoxy) is 3. The highest BCUT2D eigenvalue weighted by Gasteiger charge is 2.25. The van der Waals surface area contributed by atoms with Crippen LogP contribution < -0.4 is 20.5 Å². The third-order valence-electron chi connectivity index (χ3n) is 4.91. The molecule has 0 aliphatic rings. The number of benzene rings is 2. The average molecular weight is 421 g/mol. The van der Waals surface area contributed by atoms with Crippen LogP contribution in [-0.2, 0) is 4.74 Å². The number of nitrogens with zero attached hydrogens (tertiary/aromatic N) is 3. The molecule has 0 saturated carbocycles. The molecule has 1 amide bonds. The van der Waals surface area contributed by atoms with E-state index in [1.807, 2.05) is 24.3 Å². The number of anilines is 1. The molecule has 0 atom stereocenters. The third-order valence-corrected chi connectivity index (χ3v) is 4.91. The second kappa shape index (κ2) is 8.49. The summed E-state index contributed by atoms with van der Waals surface area (Å²) in [7, 11) is 4.70. The maximum absolute atomic E-state index is 13.0. The Labute approximate surface area is 178 Å². The molecule has 0 radical (unpaired) electrons. The molecular weight excluding hydrogens is 398 g/mol. The highest BCUT2D eigenvalue weighted by Crippen LogP contribution is 2.34. The zero-order chi connectivity index (χ0) is 22.0. The lowest BCUT2D eigenvalue weighted by Crippen LogP contribution is -2.27. The summed E-state index contributed by atoms with van der Waals surface area (Å²) in [5, 5.41) is 2.82. The summed E-state index contributed by atoms with van der Waals surface area (Å²) in [4.78, 5) is 22.5. The normalized spacial score (nSPS) is 11.1. The van der Waals surface area contributed by atoms with E-state index in [1.54, 1.807) is 44.1 Å². The monoisotopic (exact) mass is 421 g/mol. The molecule has 0 aliphatic heterocycles. The fourth-order valence-electron chi connectivity index (χ4n) is 3.42. The van der Waals surface area contributed by atoms with Crippen molar-refractivity contribution >= 4 is 33.9 Å². The lowest BCUT2D eigenvalue weighted by molar-refractivity contribution is 0.0939. The number of hydrogen-bond acceptors (Lipinski definition) is 7. The SMILES string of the molecule is COCCNC(=O)c1c(N)n(-c2cc(OC)cc(OC)c2)c2nc3ccccc3nc12. The molecule has 0 unspecified atom stereocenters. The Morgan fingerprint density at radius 3 is 2.29 bits per heavy atom. The number of aromatic nitrogens is 3. The van der Waals surface area contributed by atoms with Gasteiger partial charge in [-0.2, -0.15) is 0 Å². The molecule has 0 spiro atoms. The minimum absolute atomic E-state index is 0.218. The van der Waals surface area contributed by atoms with Gasteiger partial charge in [0, 0.05) is 31.9 Å². The summed E-state index contributed by atoms with van der Waals surface area (Å²) in [5.41, 5.74) is 9.63. The smallest absolute Gasteiger partial charge is 0.257 e. The van der Waals surface area contributed by atoms with Crippen LogP contribution in [-0.4, -0.2) is 54.9 Å². The molecule has 9 nitrogen and oxygen atoms in total. The number of carbonyl (C=O) groups excluding carboxylic acids is 1. The number of rotatable bonds is 7. The second-order valence-corrected chi connectivity index (χ2v) is 6.80. The molecular formula is C22H23N5O4. The molecule has 9 heteroatoms. The summed E-state index contributed by atoms with van der Waals surface area (Å²) in [6, 6.07) is 12.8. The van der Waals surface area contributed by atoms with Crippen molar-refractivity contribution in [1.29, 1.82) is 0 Å². The number of methoxy groups -OCH3 is 3. The van der Waals surface area contributed by atoms with E-state index in [2.05, 4.69) is 5.32 Å². The maximum Gasteiger partial charge on any atom is 0.257 e. The third kappa shape index (κ3) is 3.71. The van der Waals surface area contributed by atoms with Gasteiger partial charge in [-0.05, 0) is 12.1 Å². The Kier molecular flexibility index (Phi) is 5.59. The van der Waals surface area contributed by atoms with Gasteiger partial charge in [-0.25, -0.2) is 9.97 Å². The van der Waals surface area contributed by atoms with E-state index >= 15 is 0 Å². The molecule has 160 valence electrons. The lowest BCUT2D eigenvalue weighted by Gasteiger charge is -2.12. The van der Waals surface area contributed by atoms with Crippen molar-refractivity contribution in [2.75, 3.05) is 40.2 Å². The van der Waals surface area contributed by atoms with Crippen LogP contribution >= 0.6 is 0 Å². The largest absolute Gasteiger partial charge is 0.497 e. The zero-order valence-electron chi connectivity index (χ0n) is 17.5. The number of nitrogens with two attached hydrogens (primary N) is 1. The van der Waals surface area contributed by atoms with Gasteiger partial charge < -0.3 is 25.3 Å². The standard InChI is InChI=1S/C22H23N5O4/c1-29-9-8-24-22(28)18-19-21(26-17-7-5-4-6-16(17)25-19)27(20(18)23)13-10-14(30-2)12-15(11-13)31-3/h4-7,10-12H,8-9,23H2,1-3H3,(H,24,28). The van der Waals surface area contributed by atoms with Gasteiger partial charge >= 0.3 is 0 Å². The van der Waals surface area contributed by atoms with Crippen molar-refractivity contribution in [3.63, 3.8) is 0 Å². The van der Waals surface area contributed by atoms with Gasteiger partial charge in [-0.15, -0.1) is 0 Å². The number of hydrogen-bond donors (Lipinski definition) is 2. The van der Waals surface area contributed by atoms with Gasteiger partial charge in [-0.3, -0.25) is 9.36 Å². The first-order chi connectivity index (χ1) is 15.1. The van der Waals surface area contributed by atoms with Crippen molar-refractivity contribution in [2.24, 2.45) is 0 Å². The molecule has 0 fully saturated rings. The van der Waals surface area contributed by atoms with Gasteiger partial charge in [-0.1, -0.05) is 12.1 Å². The Morgan fingerprint density at radius 1 is 1.03 bits per heavy atom. The number of para-hydroxylation sites is 2. The minimum Gasteiger partial charge on any atom is -0.497 e. The Balaban J connectivity index is 2.00. The summed E-state index contributed by atoms with van der Waals surface area (Å²) >= 11 is 0. The number of fused-ring (bicyclic) bond motifs is 2. The average Bonchev–Trinajstić information content (AvgIpc) is 3.07. The fraction of sp³-hybridized carbons (Fsp3) is 0.227. The van der Waals surface area contributed by atoms with Gasteiger partial charge in [0.15, 0.2) is 5.65 Å². The van der Waals surface area contributed by atoms with E-state index in [1.165, 1.54) is 0 Å². The van der Waals surface area contributed by atoms with Crippen LogP contribution in [0.4, 0.5) is 5.82 Å². The molecule has 31 heavy (non-hydrogen) atoms. The molecule has 0 bridgehead atoms. The van der Waals surface area contributed by atoms with Crippen molar-refractivity contribution in [1.82, 2.24) is 19.9 Å². The quantitative estimate of drug-likeness (QED) is 0.441. The lowest BCUT2D eigenvalue weighted by atomic mass is 10.2. The van der Waals surface area contributed by atoms with E-state index < -0.39 is 0 Å². The summed E-state index contributed by atoms with van der Waals surface area (Å²) in [6.07, 6.45) is 0. The molecule has 4 rings (SSSR count). The molecule has 2 aromatic carbocycles. The first kappa shape index (κ1) is 20.4. The number of carbonyl (C=O) groups is 1. The van der Waals surface area contributed by atoms with Crippen LogP contribution in [0.25, 0.3) is 27.9 Å². The van der Waals surface area contributed by atoms with Crippen LogP contribution in [0.15, 0.2) is 42.5 Å². The van der Waals surface area contributed by atoms with E-state index in [-0.39, 0.29) is 17.3 Å². The van der Waals surface area contributed by atoms with Gasteiger partial charge in [0.2, 0.25) is 0 Å². The number of nitrogens with one attached hydrogen (secondary N) is 1. The van der Waals surface area contributed by atoms with Gasteiger partial charge in [0.05, 0.1) is 37.5 Å². The molecule has 0 aliphatic carbocycles. The van der Waals surface area contributed by atoms with Crippen LogP contribution in [0.1, 0.15) is 10.4 Å². The number of amides is 1. The predicted molar refractivity (Wildman–Crippen MR) is 118 cm³/mol. The first-order valence-electron chi connectivity index (χ1n) is 9.64. The molecule has 3 N–H and O–H groups in total. The highest BCUT2D eigenvalue weighted by atomic mass is 16.5. The van der Waals surface area contributed by atoms with Crippen LogP contribution in [0.5, 0.6) is 11.5 Å². The topological polar surface area (TPSA) is 114 Å². The van der Waals surface area contributed by atoms with Crippen molar-refractivity contribution in [3.05, 3.63) is 48.0 Å².